The molecule has 3 amide bonds. The number of ether oxygens (including phenoxy) is 2. The van der Waals surface area contributed by atoms with Crippen LogP contribution in [0.3, 0.4) is 0 Å². The van der Waals surface area contributed by atoms with Gasteiger partial charge in [0.15, 0.2) is 11.5 Å². The molecule has 0 saturated carbocycles. The standard InChI is InChI=1S/C24H22FN5O5S/c25-16-3-1-2-4-17(16)27-20(31)11-14-7-9-30(10-8-14)24(33)23-29-28-22(36-23)21(32)26-15-5-6-18-19(12-15)35-13-34-18/h1-6,12,14H,7-11,13H2,(H,26,32)(H,27,31). The van der Waals surface area contributed by atoms with E-state index < -0.39 is 11.7 Å². The maximum absolute atomic E-state index is 13.7. The third kappa shape index (κ3) is 5.28. The summed E-state index contributed by atoms with van der Waals surface area (Å²) in [5, 5.41) is 13.3. The third-order valence-electron chi connectivity index (χ3n) is 5.96. The first-order valence-electron chi connectivity index (χ1n) is 11.3. The van der Waals surface area contributed by atoms with Gasteiger partial charge in [-0.2, -0.15) is 0 Å². The lowest BCUT2D eigenvalue weighted by atomic mass is 9.93. The largest absolute Gasteiger partial charge is 0.454 e. The number of hydrogen-bond donors (Lipinski definition) is 2. The van der Waals surface area contributed by atoms with Gasteiger partial charge in [0.25, 0.3) is 11.8 Å². The number of para-hydroxylation sites is 1. The van der Waals surface area contributed by atoms with Crippen molar-refractivity contribution in [1.29, 1.82) is 0 Å². The number of likely N-dealkylation sites (tertiary alicyclic amines) is 1. The first-order valence-corrected chi connectivity index (χ1v) is 12.2. The first kappa shape index (κ1) is 23.7. The van der Waals surface area contributed by atoms with Crippen LogP contribution in [0.15, 0.2) is 42.5 Å². The molecule has 0 atom stereocenters. The van der Waals surface area contributed by atoms with Crippen molar-refractivity contribution in [2.45, 2.75) is 19.3 Å². The van der Waals surface area contributed by atoms with E-state index in [0.29, 0.717) is 43.1 Å². The monoisotopic (exact) mass is 511 g/mol. The molecule has 36 heavy (non-hydrogen) atoms. The minimum atomic E-state index is -0.481. The second-order valence-electron chi connectivity index (χ2n) is 8.40. The summed E-state index contributed by atoms with van der Waals surface area (Å²) >= 11 is 0.920. The molecule has 0 unspecified atom stereocenters. The predicted molar refractivity (Wildman–Crippen MR) is 129 cm³/mol. The molecule has 0 bridgehead atoms. The molecule has 12 heteroatoms. The van der Waals surface area contributed by atoms with Gasteiger partial charge < -0.3 is 25.0 Å². The molecule has 2 N–H and O–H groups in total. The number of rotatable bonds is 6. The molecule has 2 aliphatic heterocycles. The molecule has 1 saturated heterocycles. The van der Waals surface area contributed by atoms with Gasteiger partial charge in [-0.25, -0.2) is 4.39 Å². The summed E-state index contributed by atoms with van der Waals surface area (Å²) in [6.45, 7) is 1.04. The van der Waals surface area contributed by atoms with Crippen LogP contribution in [-0.2, 0) is 4.79 Å². The highest BCUT2D eigenvalue weighted by Crippen LogP contribution is 2.34. The van der Waals surface area contributed by atoms with Gasteiger partial charge in [0.1, 0.15) is 5.82 Å². The number of carbonyl (C=O) groups is 3. The fraction of sp³-hybridized carbons (Fsp3) is 0.292. The van der Waals surface area contributed by atoms with Crippen molar-refractivity contribution in [1.82, 2.24) is 15.1 Å². The highest BCUT2D eigenvalue weighted by atomic mass is 32.1. The molecule has 2 aliphatic rings. The summed E-state index contributed by atoms with van der Waals surface area (Å²) < 4.78 is 24.3. The minimum absolute atomic E-state index is 0.0655. The minimum Gasteiger partial charge on any atom is -0.454 e. The molecule has 3 aromatic rings. The van der Waals surface area contributed by atoms with Crippen LogP contribution in [0, 0.1) is 11.7 Å². The Hall–Kier alpha value is -4.06. The van der Waals surface area contributed by atoms with E-state index in [0.717, 1.165) is 11.3 Å². The van der Waals surface area contributed by atoms with Crippen LogP contribution in [0.5, 0.6) is 11.5 Å². The van der Waals surface area contributed by atoms with E-state index in [2.05, 4.69) is 20.8 Å². The number of aromatic nitrogens is 2. The van der Waals surface area contributed by atoms with Crippen LogP contribution in [0.4, 0.5) is 15.8 Å². The summed E-state index contributed by atoms with van der Waals surface area (Å²) in [5.41, 5.74) is 0.665. The average Bonchev–Trinajstić information content (AvgIpc) is 3.55. The van der Waals surface area contributed by atoms with Crippen LogP contribution in [0.2, 0.25) is 0 Å². The number of nitrogens with one attached hydrogen (secondary N) is 2. The van der Waals surface area contributed by atoms with Gasteiger partial charge in [-0.1, -0.05) is 23.5 Å². The van der Waals surface area contributed by atoms with E-state index in [9.17, 15) is 18.8 Å². The molecule has 10 nitrogen and oxygen atoms in total. The second-order valence-corrected chi connectivity index (χ2v) is 9.38. The van der Waals surface area contributed by atoms with Gasteiger partial charge in [0.05, 0.1) is 5.69 Å². The Labute approximate surface area is 209 Å². The fourth-order valence-corrected chi connectivity index (χ4v) is 4.77. The Morgan fingerprint density at radius 2 is 1.75 bits per heavy atom. The number of halogens is 1. The second kappa shape index (κ2) is 10.3. The van der Waals surface area contributed by atoms with Crippen molar-refractivity contribution in [2.75, 3.05) is 30.5 Å². The number of carbonyl (C=O) groups excluding carboxylic acids is 3. The van der Waals surface area contributed by atoms with Gasteiger partial charge >= 0.3 is 0 Å². The fourth-order valence-electron chi connectivity index (χ4n) is 4.06. The molecule has 1 fully saturated rings. The highest BCUT2D eigenvalue weighted by molar-refractivity contribution is 7.15. The van der Waals surface area contributed by atoms with Crippen LogP contribution >= 0.6 is 11.3 Å². The van der Waals surface area contributed by atoms with Gasteiger partial charge in [-0.15, -0.1) is 10.2 Å². The zero-order valence-corrected chi connectivity index (χ0v) is 19.8. The average molecular weight is 512 g/mol. The Morgan fingerprint density at radius 1 is 1.00 bits per heavy atom. The molecule has 1 aromatic heterocycles. The summed E-state index contributed by atoms with van der Waals surface area (Å²) in [5.74, 6) is -0.299. The Balaban J connectivity index is 1.11. The molecule has 3 heterocycles. The number of fused-ring (bicyclic) bond motifs is 1. The SMILES string of the molecule is O=C(CC1CCN(C(=O)c2nnc(C(=O)Nc3ccc4c(c3)OCO4)s2)CC1)Nc1ccccc1F. The maximum Gasteiger partial charge on any atom is 0.286 e. The normalized spacial score (nSPS) is 15.0. The smallest absolute Gasteiger partial charge is 0.286 e. The molecule has 2 aromatic carbocycles. The van der Waals surface area contributed by atoms with Crippen LogP contribution in [-0.4, -0.2) is 52.7 Å². The Bertz CT molecular complexity index is 1310. The molecule has 5 rings (SSSR count). The lowest BCUT2D eigenvalue weighted by Gasteiger charge is -2.31. The predicted octanol–water partition coefficient (Wildman–Crippen LogP) is 3.54. The molecular formula is C24H22FN5O5S. The molecule has 186 valence electrons. The van der Waals surface area contributed by atoms with E-state index in [-0.39, 0.29) is 46.6 Å². The van der Waals surface area contributed by atoms with E-state index in [4.69, 9.17) is 9.47 Å². The number of nitrogens with zero attached hydrogens (tertiary/aromatic N) is 3. The molecule has 0 aliphatic carbocycles. The molecule has 0 radical (unpaired) electrons. The third-order valence-corrected chi connectivity index (χ3v) is 6.87. The number of hydrogen-bond acceptors (Lipinski definition) is 8. The van der Waals surface area contributed by atoms with Crippen molar-refractivity contribution >= 4 is 40.4 Å². The van der Waals surface area contributed by atoms with Crippen molar-refractivity contribution in [3.63, 3.8) is 0 Å². The van der Waals surface area contributed by atoms with Crippen molar-refractivity contribution in [2.24, 2.45) is 5.92 Å². The Morgan fingerprint density at radius 3 is 2.56 bits per heavy atom. The summed E-state index contributed by atoms with van der Waals surface area (Å²) in [4.78, 5) is 39.4. The van der Waals surface area contributed by atoms with E-state index >= 15 is 0 Å². The summed E-state index contributed by atoms with van der Waals surface area (Å²) in [7, 11) is 0. The van der Waals surface area contributed by atoms with Gasteiger partial charge in [-0.3, -0.25) is 14.4 Å². The van der Waals surface area contributed by atoms with Crippen LogP contribution in [0.1, 0.15) is 38.9 Å². The van der Waals surface area contributed by atoms with E-state index in [1.807, 2.05) is 0 Å². The summed E-state index contributed by atoms with van der Waals surface area (Å²) in [6, 6.07) is 11.0. The van der Waals surface area contributed by atoms with Gasteiger partial charge in [0.2, 0.25) is 22.7 Å². The van der Waals surface area contributed by atoms with Gasteiger partial charge in [-0.05, 0) is 43.0 Å². The molecular weight excluding hydrogens is 489 g/mol. The van der Waals surface area contributed by atoms with Crippen molar-refractivity contribution in [3.05, 3.63) is 58.3 Å². The van der Waals surface area contributed by atoms with Crippen molar-refractivity contribution < 1.29 is 28.2 Å². The zero-order valence-electron chi connectivity index (χ0n) is 19.0. The lowest BCUT2D eigenvalue weighted by Crippen LogP contribution is -2.39. The first-order chi connectivity index (χ1) is 17.5. The van der Waals surface area contributed by atoms with E-state index in [1.54, 1.807) is 35.2 Å². The topological polar surface area (TPSA) is 123 Å². The number of benzene rings is 2. The maximum atomic E-state index is 13.7. The summed E-state index contributed by atoms with van der Waals surface area (Å²) in [6.07, 6.45) is 1.51. The number of anilines is 2. The van der Waals surface area contributed by atoms with Crippen LogP contribution < -0.4 is 20.1 Å². The Kier molecular flexibility index (Phi) is 6.76. The quantitative estimate of drug-likeness (QED) is 0.519. The highest BCUT2D eigenvalue weighted by Gasteiger charge is 2.28. The zero-order chi connectivity index (χ0) is 25.1. The van der Waals surface area contributed by atoms with E-state index in [1.165, 1.54) is 12.1 Å². The van der Waals surface area contributed by atoms with Crippen molar-refractivity contribution in [3.8, 4) is 11.5 Å². The molecule has 0 spiro atoms. The van der Waals surface area contributed by atoms with Gasteiger partial charge in [0, 0.05) is 31.3 Å². The van der Waals surface area contributed by atoms with Crippen LogP contribution in [0.25, 0.3) is 0 Å². The lowest BCUT2D eigenvalue weighted by molar-refractivity contribution is -0.117. The number of amides is 3. The number of piperidine rings is 1.